The van der Waals surface area contributed by atoms with E-state index in [1.807, 2.05) is 5.20 Å². The summed E-state index contributed by atoms with van der Waals surface area (Å²) in [5.41, 5.74) is 3.35. The Kier molecular flexibility index (Phi) is 15.0. The molecule has 6 rings (SSSR count). The zero-order valence-electron chi connectivity index (χ0n) is 28.9. The third-order valence-corrected chi connectivity index (χ3v) is 16.5. The second-order valence-corrected chi connectivity index (χ2v) is 31.5. The number of benzene rings is 4. The van der Waals surface area contributed by atoms with E-state index >= 15 is 0 Å². The maximum atomic E-state index is 3.74. The molecule has 0 aliphatic heterocycles. The summed E-state index contributed by atoms with van der Waals surface area (Å²) in [5.74, 6) is 0. The van der Waals surface area contributed by atoms with Crippen molar-refractivity contribution in [1.82, 2.24) is 0 Å². The number of fused-ring (bicyclic) bond motifs is 3. The summed E-state index contributed by atoms with van der Waals surface area (Å²) in [6, 6.07) is 40.4. The number of hydrogen-bond donors (Lipinski definition) is 0. The Morgan fingerprint density at radius 1 is 0.565 bits per heavy atom. The third-order valence-electron chi connectivity index (χ3n) is 8.10. The first-order valence-corrected chi connectivity index (χ1v) is 27.6. The molecule has 0 bridgehead atoms. The van der Waals surface area contributed by atoms with E-state index in [0.717, 1.165) is 0 Å². The van der Waals surface area contributed by atoms with Crippen LogP contribution < -0.4 is 24.8 Å². The fourth-order valence-electron chi connectivity index (χ4n) is 5.90. The van der Waals surface area contributed by atoms with Gasteiger partial charge in [0.25, 0.3) is 0 Å². The second-order valence-electron chi connectivity index (χ2n) is 14.9. The standard InChI is InChI=1S/C14H29Si3.C13H9.C13H10.2ClH.Zr/c1-15(2,3)12-10-11-13(16(4,5)6)14(12)17(7,8)9;1-3-7-12-10(5-1)9-11-6-2-4-8-13(11)12;1-3-7-12(8-4-1)11-13-9-5-2-6-10-13;;;/h10,13H,1-9H3;1-9H;1-10H;2*1H;/q2*-1;;;;+2/p-2. The summed E-state index contributed by atoms with van der Waals surface area (Å²) in [5, 5.41) is 8.96. The van der Waals surface area contributed by atoms with Crippen LogP contribution in [-0.4, -0.2) is 27.4 Å². The van der Waals surface area contributed by atoms with Crippen LogP contribution in [0.5, 0.6) is 0 Å². The van der Waals surface area contributed by atoms with Gasteiger partial charge >= 0.3 is 99.2 Å². The van der Waals surface area contributed by atoms with E-state index in [0.29, 0.717) is 5.54 Å². The minimum absolute atomic E-state index is 0. The number of allylic oxidation sites excluding steroid dienone is 4. The van der Waals surface area contributed by atoms with Crippen molar-refractivity contribution >= 4 is 49.0 Å². The first kappa shape index (κ1) is 40.4. The SMILES string of the molecule is C[Si](C)(C)C1=C([Si](C)(C)C)C([Si](C)(C)C)[C-]=C1.[Cl-].[Cl-].[Zr+2]=[C](c1ccccc1)c1ccccc1.c1ccc2c(c1)[cH-]c1ccccc12. The first-order valence-electron chi connectivity index (χ1n) is 15.7. The maximum absolute atomic E-state index is 3.74. The molecule has 0 saturated carbocycles. The van der Waals surface area contributed by atoms with Crippen molar-refractivity contribution in [3.05, 3.63) is 149 Å². The molecule has 1 unspecified atom stereocenters. The molecule has 0 aromatic heterocycles. The van der Waals surface area contributed by atoms with Gasteiger partial charge in [0.1, 0.15) is 0 Å². The number of hydrogen-bond acceptors (Lipinski definition) is 0. The molecule has 0 N–H and O–H groups in total. The van der Waals surface area contributed by atoms with Gasteiger partial charge in [-0.25, -0.2) is 11.3 Å². The van der Waals surface area contributed by atoms with Crippen molar-refractivity contribution in [2.45, 2.75) is 64.5 Å². The molecule has 1 atom stereocenters. The minimum atomic E-state index is -1.21. The zero-order chi connectivity index (χ0) is 32.1. The molecule has 5 aromatic rings. The predicted octanol–water partition coefficient (Wildman–Crippen LogP) is 5.64. The van der Waals surface area contributed by atoms with Crippen molar-refractivity contribution in [2.75, 3.05) is 0 Å². The summed E-state index contributed by atoms with van der Waals surface area (Å²) in [6.07, 6.45) is 6.12. The van der Waals surface area contributed by atoms with Crippen LogP contribution in [0.4, 0.5) is 0 Å². The van der Waals surface area contributed by atoms with E-state index in [9.17, 15) is 0 Å². The van der Waals surface area contributed by atoms with E-state index in [1.165, 1.54) is 60.1 Å². The Balaban J connectivity index is 0.000000236. The van der Waals surface area contributed by atoms with Crippen LogP contribution in [0.2, 0.25) is 64.5 Å². The molecule has 1 aliphatic rings. The van der Waals surface area contributed by atoms with Gasteiger partial charge in [0.05, 0.1) is 8.07 Å². The van der Waals surface area contributed by atoms with Gasteiger partial charge < -0.3 is 24.8 Å². The summed E-state index contributed by atoms with van der Waals surface area (Å²) in [7, 11) is -3.57. The third kappa shape index (κ3) is 10.4. The fraction of sp³-hybridized carbons (Fsp3) is 0.250. The number of halogens is 2. The molecule has 6 heteroatoms. The normalized spacial score (nSPS) is 14.5. The average Bonchev–Trinajstić information content (AvgIpc) is 3.62. The molecule has 0 heterocycles. The van der Waals surface area contributed by atoms with Crippen molar-refractivity contribution in [3.8, 4) is 0 Å². The average molecular weight is 775 g/mol. The van der Waals surface area contributed by atoms with E-state index in [4.69, 9.17) is 0 Å². The molecule has 0 spiro atoms. The predicted molar refractivity (Wildman–Crippen MR) is 202 cm³/mol. The smallest absolute Gasteiger partial charge is 0.0771 e. The van der Waals surface area contributed by atoms with E-state index in [1.54, 1.807) is 5.20 Å². The van der Waals surface area contributed by atoms with Gasteiger partial charge in [-0.2, -0.15) is 5.20 Å². The molecule has 0 nitrogen and oxygen atoms in total. The Morgan fingerprint density at radius 3 is 1.33 bits per heavy atom. The second kappa shape index (κ2) is 17.0. The Bertz CT molecular complexity index is 1680. The molecular weight excluding hydrogens is 727 g/mol. The van der Waals surface area contributed by atoms with Crippen molar-refractivity contribution < 1.29 is 49.0 Å². The molecule has 46 heavy (non-hydrogen) atoms. The van der Waals surface area contributed by atoms with Gasteiger partial charge in [-0.1, -0.05) is 95.3 Å². The molecule has 0 amide bonds. The molecule has 1 aliphatic carbocycles. The van der Waals surface area contributed by atoms with Gasteiger partial charge in [0.15, 0.2) is 0 Å². The Morgan fingerprint density at radius 2 is 0.957 bits per heavy atom. The molecule has 0 fully saturated rings. The monoisotopic (exact) mass is 772 g/mol. The number of rotatable bonds is 5. The largest absolute Gasteiger partial charge is 0.126 e. The summed E-state index contributed by atoms with van der Waals surface area (Å²) in [6.45, 7) is 22.4. The fourth-order valence-corrected chi connectivity index (χ4v) is 16.6. The van der Waals surface area contributed by atoms with E-state index in [-0.39, 0.29) is 24.8 Å². The van der Waals surface area contributed by atoms with Crippen LogP contribution >= 0.6 is 0 Å². The summed E-state index contributed by atoms with van der Waals surface area (Å²) in [4.78, 5) is 0. The van der Waals surface area contributed by atoms with Gasteiger partial charge in [0.2, 0.25) is 0 Å². The quantitative estimate of drug-likeness (QED) is 0.160. The van der Waals surface area contributed by atoms with Crippen molar-refractivity contribution in [1.29, 1.82) is 0 Å². The van der Waals surface area contributed by atoms with Gasteiger partial charge in [-0.15, -0.1) is 45.3 Å². The molecular formula is C40H48Cl2Si3Zr-2. The van der Waals surface area contributed by atoms with Crippen LogP contribution in [0.15, 0.2) is 132 Å². The van der Waals surface area contributed by atoms with Gasteiger partial charge in [-0.05, 0) is 8.07 Å². The molecule has 0 saturated heterocycles. The van der Waals surface area contributed by atoms with Crippen LogP contribution in [0, 0.1) is 6.08 Å². The molecule has 240 valence electrons. The van der Waals surface area contributed by atoms with Crippen LogP contribution in [-0.2, 0) is 24.2 Å². The van der Waals surface area contributed by atoms with Crippen molar-refractivity contribution in [2.24, 2.45) is 0 Å². The topological polar surface area (TPSA) is 0 Å². The molecule has 5 aromatic carbocycles. The summed E-state index contributed by atoms with van der Waals surface area (Å²) < 4.78 is 1.42. The Labute approximate surface area is 309 Å². The summed E-state index contributed by atoms with van der Waals surface area (Å²) >= 11 is 1.46. The van der Waals surface area contributed by atoms with E-state index < -0.39 is 24.2 Å². The van der Waals surface area contributed by atoms with Gasteiger partial charge in [-0.3, -0.25) is 6.08 Å². The van der Waals surface area contributed by atoms with Crippen LogP contribution in [0.1, 0.15) is 11.1 Å². The van der Waals surface area contributed by atoms with Crippen molar-refractivity contribution in [3.63, 3.8) is 0 Å². The van der Waals surface area contributed by atoms with E-state index in [2.05, 4.69) is 186 Å². The minimum Gasteiger partial charge on any atom is -0.126 e. The van der Waals surface area contributed by atoms with Crippen LogP contribution in [0.25, 0.3) is 21.5 Å². The first-order chi connectivity index (χ1) is 20.7. The van der Waals surface area contributed by atoms with Crippen LogP contribution in [0.3, 0.4) is 0 Å². The Hall–Kier alpha value is -1.79. The maximum Gasteiger partial charge on any atom is -0.0771 e. The zero-order valence-corrected chi connectivity index (χ0v) is 35.9. The molecule has 0 radical (unpaired) electrons. The van der Waals surface area contributed by atoms with Gasteiger partial charge in [0, 0.05) is 8.07 Å².